The van der Waals surface area contributed by atoms with Gasteiger partial charge in [0.1, 0.15) is 22.1 Å². The molecular formula is C36H46N4O2. The van der Waals surface area contributed by atoms with Crippen LogP contribution in [-0.4, -0.2) is 21.4 Å². The first-order valence-electron chi connectivity index (χ1n) is 14.9. The molecule has 0 fully saturated rings. The van der Waals surface area contributed by atoms with Crippen LogP contribution in [0, 0.1) is 21.7 Å². The SMILES string of the molecule is CC(C)(C)C(=Nc1cccc2oc3ccc4oc5cccc(N=C(C(C)(C)C)C(C)(C)C)c5[nH]c4c3[nH]c12)C(C)(C)C. The predicted octanol–water partition coefficient (Wildman–Crippen LogP) is 11.6. The van der Waals surface area contributed by atoms with Crippen molar-refractivity contribution in [3.05, 3.63) is 48.5 Å². The Morgan fingerprint density at radius 3 is 1.07 bits per heavy atom. The number of H-pyrrole nitrogens is 2. The molecule has 42 heavy (non-hydrogen) atoms. The van der Waals surface area contributed by atoms with Gasteiger partial charge in [0.25, 0.3) is 0 Å². The molecule has 6 heteroatoms. The third-order valence-electron chi connectivity index (χ3n) is 7.38. The molecule has 2 heterocycles. The maximum Gasteiger partial charge on any atom is 0.153 e. The third-order valence-corrected chi connectivity index (χ3v) is 7.38. The third kappa shape index (κ3) is 5.64. The summed E-state index contributed by atoms with van der Waals surface area (Å²) < 4.78 is 12.9. The highest BCUT2D eigenvalue weighted by Crippen LogP contribution is 2.38. The highest BCUT2D eigenvalue weighted by Gasteiger charge is 2.31. The lowest BCUT2D eigenvalue weighted by Crippen LogP contribution is -2.32. The Hall–Kier alpha value is -3.80. The molecule has 2 N–H and O–H groups in total. The van der Waals surface area contributed by atoms with Crippen molar-refractivity contribution in [3.8, 4) is 0 Å². The standard InChI is InChI=1S/C36H46N4O2/c1-33(2,3)31(34(4,5)6)37-21-15-13-17-23-27(21)39-29-25(41-23)19-20-26-30(29)40-28-22(16-14-18-24(28)42-26)38-32(35(7,8)9)36(10,11)12/h13-20,39-40H,1-12H3. The number of hydrogen-bond donors (Lipinski definition) is 2. The van der Waals surface area contributed by atoms with Crippen LogP contribution in [0.25, 0.3) is 44.4 Å². The van der Waals surface area contributed by atoms with E-state index in [9.17, 15) is 0 Å². The molecule has 0 saturated carbocycles. The molecule has 0 unspecified atom stereocenters. The highest BCUT2D eigenvalue weighted by molar-refractivity contribution is 6.06. The largest absolute Gasteiger partial charge is 0.453 e. The number of fused-ring (bicyclic) bond motifs is 5. The van der Waals surface area contributed by atoms with Gasteiger partial charge < -0.3 is 18.8 Å². The van der Waals surface area contributed by atoms with Crippen molar-refractivity contribution < 1.29 is 8.83 Å². The summed E-state index contributed by atoms with van der Waals surface area (Å²) in [6.07, 6.45) is 0. The molecule has 0 spiro atoms. The maximum absolute atomic E-state index is 6.45. The summed E-state index contributed by atoms with van der Waals surface area (Å²) >= 11 is 0. The number of aliphatic imine (C=N–C) groups is 2. The van der Waals surface area contributed by atoms with Crippen LogP contribution in [0.15, 0.2) is 67.4 Å². The fourth-order valence-electron chi connectivity index (χ4n) is 6.28. The highest BCUT2D eigenvalue weighted by atomic mass is 16.3. The zero-order chi connectivity index (χ0) is 30.8. The fraction of sp³-hybridized carbons (Fsp3) is 0.444. The van der Waals surface area contributed by atoms with Gasteiger partial charge in [-0.1, -0.05) is 95.2 Å². The van der Waals surface area contributed by atoms with Crippen LogP contribution < -0.4 is 0 Å². The minimum Gasteiger partial charge on any atom is -0.453 e. The van der Waals surface area contributed by atoms with Crippen molar-refractivity contribution in [1.82, 2.24) is 9.97 Å². The summed E-state index contributed by atoms with van der Waals surface area (Å²) in [4.78, 5) is 17.8. The normalized spacial score (nSPS) is 13.2. The molecule has 0 radical (unpaired) electrons. The average molecular weight is 567 g/mol. The molecule has 0 aliphatic heterocycles. The van der Waals surface area contributed by atoms with E-state index >= 15 is 0 Å². The molecular weight excluding hydrogens is 520 g/mol. The van der Waals surface area contributed by atoms with Crippen LogP contribution >= 0.6 is 0 Å². The Bertz CT molecular complexity index is 1740. The minimum absolute atomic E-state index is 0.0947. The van der Waals surface area contributed by atoms with Crippen molar-refractivity contribution in [2.75, 3.05) is 0 Å². The molecule has 0 aliphatic rings. The summed E-state index contributed by atoms with van der Waals surface area (Å²) in [7, 11) is 0. The van der Waals surface area contributed by atoms with Crippen LogP contribution in [0.2, 0.25) is 0 Å². The Kier molecular flexibility index (Phi) is 6.99. The molecule has 3 aromatic carbocycles. The van der Waals surface area contributed by atoms with Crippen molar-refractivity contribution in [2.45, 2.75) is 83.1 Å². The van der Waals surface area contributed by atoms with Gasteiger partial charge in [0.05, 0.1) is 11.4 Å². The zero-order valence-corrected chi connectivity index (χ0v) is 27.3. The van der Waals surface area contributed by atoms with Crippen LogP contribution in [0.4, 0.5) is 11.4 Å². The summed E-state index contributed by atoms with van der Waals surface area (Å²) in [6.45, 7) is 26.6. The topological polar surface area (TPSA) is 82.6 Å². The predicted molar refractivity (Wildman–Crippen MR) is 179 cm³/mol. The van der Waals surface area contributed by atoms with Gasteiger partial charge in [-0.05, 0) is 36.4 Å². The first kappa shape index (κ1) is 29.7. The molecule has 2 aromatic heterocycles. The molecule has 5 rings (SSSR count). The number of aromatic nitrogens is 2. The van der Waals surface area contributed by atoms with E-state index in [1.54, 1.807) is 0 Å². The van der Waals surface area contributed by atoms with Crippen LogP contribution in [0.1, 0.15) is 83.1 Å². The van der Waals surface area contributed by atoms with Crippen molar-refractivity contribution in [2.24, 2.45) is 31.6 Å². The van der Waals surface area contributed by atoms with Crippen molar-refractivity contribution >= 4 is 67.2 Å². The van der Waals surface area contributed by atoms with Gasteiger partial charge in [0.15, 0.2) is 22.3 Å². The zero-order valence-electron chi connectivity index (χ0n) is 27.3. The first-order valence-corrected chi connectivity index (χ1v) is 14.9. The van der Waals surface area contributed by atoms with Crippen LogP contribution in [0.5, 0.6) is 0 Å². The van der Waals surface area contributed by atoms with Gasteiger partial charge in [-0.3, -0.25) is 9.98 Å². The lowest BCUT2D eigenvalue weighted by molar-refractivity contribution is 0.479. The maximum atomic E-state index is 6.45. The molecule has 0 bridgehead atoms. The molecule has 0 amide bonds. The molecule has 0 atom stereocenters. The summed E-state index contributed by atoms with van der Waals surface area (Å²) in [6, 6.07) is 15.9. The van der Waals surface area contributed by atoms with Crippen LogP contribution in [0.3, 0.4) is 0 Å². The lowest BCUT2D eigenvalue weighted by atomic mass is 9.75. The number of nitrogens with one attached hydrogen (secondary N) is 2. The second kappa shape index (κ2) is 9.89. The van der Waals surface area contributed by atoms with E-state index in [2.05, 4.69) is 93.1 Å². The monoisotopic (exact) mass is 566 g/mol. The van der Waals surface area contributed by atoms with E-state index in [0.29, 0.717) is 0 Å². The van der Waals surface area contributed by atoms with E-state index in [0.717, 1.165) is 67.2 Å². The smallest absolute Gasteiger partial charge is 0.153 e. The van der Waals surface area contributed by atoms with E-state index < -0.39 is 0 Å². The summed E-state index contributed by atoms with van der Waals surface area (Å²) in [5, 5.41) is 0. The van der Waals surface area contributed by atoms with Gasteiger partial charge in [-0.25, -0.2) is 0 Å². The second-order valence-corrected chi connectivity index (χ2v) is 15.5. The Labute approximate surface area is 249 Å². The van der Waals surface area contributed by atoms with Gasteiger partial charge in [0.2, 0.25) is 0 Å². The van der Waals surface area contributed by atoms with Gasteiger partial charge in [-0.15, -0.1) is 0 Å². The number of nitrogens with zero attached hydrogens (tertiary/aromatic N) is 2. The van der Waals surface area contributed by atoms with E-state index in [1.165, 1.54) is 0 Å². The molecule has 222 valence electrons. The average Bonchev–Trinajstić information content (AvgIpc) is 2.85. The van der Waals surface area contributed by atoms with Crippen LogP contribution in [-0.2, 0) is 0 Å². The number of hydrogen-bond acceptors (Lipinski definition) is 4. The summed E-state index contributed by atoms with van der Waals surface area (Å²) in [5.74, 6) is 0. The van der Waals surface area contributed by atoms with Gasteiger partial charge in [-0.2, -0.15) is 0 Å². The Balaban J connectivity index is 1.83. The van der Waals surface area contributed by atoms with E-state index in [1.807, 2.05) is 48.5 Å². The number of benzene rings is 3. The number of aromatic amines is 2. The van der Waals surface area contributed by atoms with E-state index in [-0.39, 0.29) is 21.7 Å². The van der Waals surface area contributed by atoms with Gasteiger partial charge in [0, 0.05) is 33.1 Å². The Morgan fingerprint density at radius 2 is 0.762 bits per heavy atom. The van der Waals surface area contributed by atoms with Gasteiger partial charge >= 0.3 is 0 Å². The molecule has 5 aromatic rings. The molecule has 0 aliphatic carbocycles. The molecule has 6 nitrogen and oxygen atoms in total. The quantitative estimate of drug-likeness (QED) is 0.126. The van der Waals surface area contributed by atoms with Crippen molar-refractivity contribution in [1.29, 1.82) is 0 Å². The minimum atomic E-state index is -0.0947. The fourth-order valence-corrected chi connectivity index (χ4v) is 6.28. The first-order chi connectivity index (χ1) is 19.3. The van der Waals surface area contributed by atoms with Crippen molar-refractivity contribution in [3.63, 3.8) is 0 Å². The lowest BCUT2D eigenvalue weighted by Gasteiger charge is -2.32. The molecule has 0 saturated heterocycles. The second-order valence-electron chi connectivity index (χ2n) is 15.5. The number of rotatable bonds is 2. The summed E-state index contributed by atoms with van der Waals surface area (Å²) in [5.41, 5.74) is 9.79. The van der Waals surface area contributed by atoms with E-state index in [4.69, 9.17) is 18.8 Å². The number of para-hydroxylation sites is 2. The Morgan fingerprint density at radius 1 is 0.452 bits per heavy atom.